The van der Waals surface area contributed by atoms with E-state index in [1.807, 2.05) is 20.8 Å². The molecule has 1 unspecified atom stereocenters. The largest absolute Gasteiger partial charge is 0.459 e. The molecule has 3 amide bonds. The number of esters is 1. The Morgan fingerprint density at radius 1 is 1.06 bits per heavy atom. The highest BCUT2D eigenvalue weighted by molar-refractivity contribution is 5.95. The molecular weight excluding hydrogens is 402 g/mol. The third-order valence-corrected chi connectivity index (χ3v) is 4.05. The molecule has 0 spiro atoms. The van der Waals surface area contributed by atoms with Gasteiger partial charge in [-0.3, -0.25) is 14.4 Å². The maximum Gasteiger partial charge on any atom is 0.333 e. The monoisotopic (exact) mass is 429 g/mol. The fourth-order valence-corrected chi connectivity index (χ4v) is 2.62. The number of hydrogen-bond acceptors (Lipinski definition) is 6. The van der Waals surface area contributed by atoms with Gasteiger partial charge in [0.1, 0.15) is 0 Å². The van der Waals surface area contributed by atoms with Gasteiger partial charge in [-0.25, -0.2) is 4.79 Å². The van der Waals surface area contributed by atoms with Crippen LogP contribution in [-0.4, -0.2) is 54.3 Å². The first kappa shape index (κ1) is 23.7. The molecule has 0 radical (unpaired) electrons. The van der Waals surface area contributed by atoms with Gasteiger partial charge in [0, 0.05) is 12.6 Å². The van der Waals surface area contributed by atoms with E-state index in [-0.39, 0.29) is 18.2 Å². The molecule has 9 nitrogen and oxygen atoms in total. The minimum absolute atomic E-state index is 0.0365. The van der Waals surface area contributed by atoms with Gasteiger partial charge in [0.25, 0.3) is 11.8 Å². The number of likely N-dealkylation sites (N-methyl/N-ethyl adjacent to an activating group) is 1. The van der Waals surface area contributed by atoms with E-state index in [0.29, 0.717) is 5.56 Å². The van der Waals surface area contributed by atoms with Crippen LogP contribution in [0.15, 0.2) is 53.1 Å². The quantitative estimate of drug-likeness (QED) is 0.617. The average molecular weight is 429 g/mol. The molecule has 0 fully saturated rings. The number of nitrogens with one attached hydrogen (secondary N) is 2. The normalized spacial score (nSPS) is 11.9. The zero-order chi connectivity index (χ0) is 23.0. The minimum atomic E-state index is -1.14. The van der Waals surface area contributed by atoms with Gasteiger partial charge in [-0.05, 0) is 38.5 Å². The molecule has 2 N–H and O–H groups in total. The van der Waals surface area contributed by atoms with E-state index in [0.717, 1.165) is 4.90 Å². The van der Waals surface area contributed by atoms with E-state index in [1.165, 1.54) is 19.4 Å². The summed E-state index contributed by atoms with van der Waals surface area (Å²) in [6.07, 6.45) is 1.34. The SMILES string of the molecule is CN(CC(=O)NC(C)(C)C)C(=O)COC(=O)C(NC(=O)c1ccco1)c1ccccc1. The average Bonchev–Trinajstić information content (AvgIpc) is 3.24. The van der Waals surface area contributed by atoms with E-state index in [4.69, 9.17) is 9.15 Å². The van der Waals surface area contributed by atoms with Crippen molar-refractivity contribution in [1.82, 2.24) is 15.5 Å². The van der Waals surface area contributed by atoms with E-state index in [9.17, 15) is 19.2 Å². The first-order valence-electron chi connectivity index (χ1n) is 9.68. The molecule has 0 aliphatic heterocycles. The molecule has 0 saturated heterocycles. The van der Waals surface area contributed by atoms with Crippen LogP contribution in [0.5, 0.6) is 0 Å². The Labute approximate surface area is 180 Å². The lowest BCUT2D eigenvalue weighted by Gasteiger charge is -2.23. The fourth-order valence-electron chi connectivity index (χ4n) is 2.62. The molecule has 9 heteroatoms. The summed E-state index contributed by atoms with van der Waals surface area (Å²) >= 11 is 0. The zero-order valence-corrected chi connectivity index (χ0v) is 18.0. The second-order valence-corrected chi connectivity index (χ2v) is 7.95. The molecule has 2 aromatic rings. The lowest BCUT2D eigenvalue weighted by Crippen LogP contribution is -2.47. The second kappa shape index (κ2) is 10.4. The lowest BCUT2D eigenvalue weighted by atomic mass is 10.1. The first-order valence-corrected chi connectivity index (χ1v) is 9.68. The third-order valence-electron chi connectivity index (χ3n) is 4.05. The van der Waals surface area contributed by atoms with Gasteiger partial charge in [-0.15, -0.1) is 0 Å². The topological polar surface area (TPSA) is 118 Å². The van der Waals surface area contributed by atoms with E-state index >= 15 is 0 Å². The van der Waals surface area contributed by atoms with Crippen LogP contribution in [0.4, 0.5) is 0 Å². The highest BCUT2D eigenvalue weighted by Gasteiger charge is 2.27. The number of rotatable bonds is 8. The number of benzene rings is 1. The molecule has 0 bridgehead atoms. The zero-order valence-electron chi connectivity index (χ0n) is 18.0. The molecule has 0 aliphatic carbocycles. The van der Waals surface area contributed by atoms with Crippen molar-refractivity contribution >= 4 is 23.7 Å². The highest BCUT2D eigenvalue weighted by atomic mass is 16.5. The van der Waals surface area contributed by atoms with Crippen molar-refractivity contribution in [2.75, 3.05) is 20.2 Å². The number of ether oxygens (including phenoxy) is 1. The Bertz CT molecular complexity index is 903. The smallest absolute Gasteiger partial charge is 0.333 e. The lowest BCUT2D eigenvalue weighted by molar-refractivity contribution is -0.153. The van der Waals surface area contributed by atoms with E-state index in [1.54, 1.807) is 36.4 Å². The first-order chi connectivity index (χ1) is 14.6. The van der Waals surface area contributed by atoms with Crippen LogP contribution in [0.2, 0.25) is 0 Å². The van der Waals surface area contributed by atoms with Crippen LogP contribution in [0.3, 0.4) is 0 Å². The van der Waals surface area contributed by atoms with Gasteiger partial charge in [-0.1, -0.05) is 30.3 Å². The molecule has 1 aromatic carbocycles. The summed E-state index contributed by atoms with van der Waals surface area (Å²) in [5.41, 5.74) is 0.0560. The maximum absolute atomic E-state index is 12.7. The van der Waals surface area contributed by atoms with Crippen LogP contribution < -0.4 is 10.6 Å². The summed E-state index contributed by atoms with van der Waals surface area (Å²) in [6.45, 7) is 4.74. The van der Waals surface area contributed by atoms with Crippen LogP contribution in [0.25, 0.3) is 0 Å². The Morgan fingerprint density at radius 3 is 2.32 bits per heavy atom. The van der Waals surface area contributed by atoms with Crippen molar-refractivity contribution in [2.24, 2.45) is 0 Å². The van der Waals surface area contributed by atoms with Gasteiger partial charge in [0.2, 0.25) is 5.91 Å². The Kier molecular flexibility index (Phi) is 7.95. The summed E-state index contributed by atoms with van der Waals surface area (Å²) in [4.78, 5) is 50.4. The number of amides is 3. The van der Waals surface area contributed by atoms with E-state index in [2.05, 4.69) is 10.6 Å². The summed E-state index contributed by atoms with van der Waals surface area (Å²) in [7, 11) is 1.44. The Morgan fingerprint density at radius 2 is 1.74 bits per heavy atom. The van der Waals surface area contributed by atoms with Crippen molar-refractivity contribution < 1.29 is 28.3 Å². The van der Waals surface area contributed by atoms with Gasteiger partial charge >= 0.3 is 5.97 Å². The molecule has 166 valence electrons. The molecule has 1 aromatic heterocycles. The number of carbonyl (C=O) groups is 4. The molecule has 1 heterocycles. The van der Waals surface area contributed by atoms with E-state index < -0.39 is 36.0 Å². The highest BCUT2D eigenvalue weighted by Crippen LogP contribution is 2.16. The van der Waals surface area contributed by atoms with Gasteiger partial charge in [-0.2, -0.15) is 0 Å². The minimum Gasteiger partial charge on any atom is -0.459 e. The molecule has 0 saturated carbocycles. The van der Waals surface area contributed by atoms with Crippen molar-refractivity contribution in [1.29, 1.82) is 0 Å². The van der Waals surface area contributed by atoms with Crippen LogP contribution >= 0.6 is 0 Å². The molecule has 31 heavy (non-hydrogen) atoms. The predicted octanol–water partition coefficient (Wildman–Crippen LogP) is 1.67. The van der Waals surface area contributed by atoms with Crippen LogP contribution in [0.1, 0.15) is 42.9 Å². The molecule has 0 aliphatic rings. The van der Waals surface area contributed by atoms with Crippen molar-refractivity contribution in [3.63, 3.8) is 0 Å². The number of carbonyl (C=O) groups excluding carboxylic acids is 4. The number of hydrogen-bond donors (Lipinski definition) is 2. The van der Waals surface area contributed by atoms with Crippen LogP contribution in [0, 0.1) is 0 Å². The van der Waals surface area contributed by atoms with Gasteiger partial charge in [0.15, 0.2) is 18.4 Å². The third kappa shape index (κ3) is 7.61. The van der Waals surface area contributed by atoms with Crippen molar-refractivity contribution in [3.05, 3.63) is 60.1 Å². The van der Waals surface area contributed by atoms with Crippen molar-refractivity contribution in [3.8, 4) is 0 Å². The second-order valence-electron chi connectivity index (χ2n) is 7.95. The fraction of sp³-hybridized carbons (Fsp3) is 0.364. The molecular formula is C22H27N3O6. The Balaban J connectivity index is 1.99. The standard InChI is InChI=1S/C22H27N3O6/c1-22(2,3)24-17(26)13-25(4)18(27)14-31-21(29)19(15-9-6-5-7-10-15)23-20(28)16-11-8-12-30-16/h5-12,19H,13-14H2,1-4H3,(H,23,28)(H,24,26). The summed E-state index contributed by atoms with van der Waals surface area (Å²) in [5, 5.41) is 5.30. The number of nitrogens with zero attached hydrogens (tertiary/aromatic N) is 1. The van der Waals surface area contributed by atoms with Gasteiger partial charge < -0.3 is 24.7 Å². The summed E-state index contributed by atoms with van der Waals surface area (Å²) < 4.78 is 10.2. The predicted molar refractivity (Wildman–Crippen MR) is 112 cm³/mol. The number of furan rings is 1. The molecule has 2 rings (SSSR count). The van der Waals surface area contributed by atoms with Gasteiger partial charge in [0.05, 0.1) is 12.8 Å². The Hall–Kier alpha value is -3.62. The molecule has 1 atom stereocenters. The summed E-state index contributed by atoms with van der Waals surface area (Å²) in [6, 6.07) is 10.4. The van der Waals surface area contributed by atoms with Crippen molar-refractivity contribution in [2.45, 2.75) is 32.4 Å². The maximum atomic E-state index is 12.7. The van der Waals surface area contributed by atoms with Crippen LogP contribution in [-0.2, 0) is 19.1 Å². The summed E-state index contributed by atoms with van der Waals surface area (Å²) in [5.74, 6) is -2.26.